The number of aromatic nitrogens is 2. The molecule has 0 aliphatic carbocycles. The van der Waals surface area contributed by atoms with E-state index in [0.29, 0.717) is 0 Å². The van der Waals surface area contributed by atoms with Gasteiger partial charge in [-0.1, -0.05) is 18.2 Å². The lowest BCUT2D eigenvalue weighted by Crippen LogP contribution is -2.13. The van der Waals surface area contributed by atoms with Gasteiger partial charge in [0.1, 0.15) is 0 Å². The monoisotopic (exact) mass is 266 g/mol. The first-order chi connectivity index (χ1) is 9.75. The Bertz CT molecular complexity index is 715. The first kappa shape index (κ1) is 12.5. The molecule has 0 bridgehead atoms. The number of hydrogen-bond donors (Lipinski definition) is 2. The number of aromatic amines is 1. The smallest absolute Gasteiger partial charge is 0.151 e. The molecule has 0 unspecified atom stereocenters. The molecule has 1 aromatic carbocycles. The molecular weight excluding hydrogens is 248 g/mol. The second-order valence-electron chi connectivity index (χ2n) is 4.98. The average molecular weight is 266 g/mol. The molecule has 102 valence electrons. The zero-order valence-electron chi connectivity index (χ0n) is 11.7. The normalized spacial score (nSPS) is 10.7. The van der Waals surface area contributed by atoms with Crippen LogP contribution in [0.2, 0.25) is 0 Å². The molecule has 4 nitrogen and oxygen atoms in total. The molecule has 0 spiro atoms. The minimum Gasteiger partial charge on any atom is -0.378 e. The first-order valence-corrected chi connectivity index (χ1v) is 6.67. The maximum Gasteiger partial charge on any atom is 0.151 e. The van der Waals surface area contributed by atoms with E-state index in [0.717, 1.165) is 18.1 Å². The average Bonchev–Trinajstić information content (AvgIpc) is 2.94. The number of fused-ring (bicyclic) bond motifs is 1. The highest BCUT2D eigenvalue weighted by molar-refractivity contribution is 5.82. The maximum absolute atomic E-state index is 4.40. The molecule has 0 radical (unpaired) electrons. The highest BCUT2D eigenvalue weighted by Gasteiger charge is 2.06. The summed E-state index contributed by atoms with van der Waals surface area (Å²) in [6.45, 7) is 0.768. The number of nitrogens with one attached hydrogen (secondary N) is 2. The van der Waals surface area contributed by atoms with Crippen LogP contribution >= 0.6 is 0 Å². The zero-order chi connectivity index (χ0) is 13.9. The van der Waals surface area contributed by atoms with Crippen molar-refractivity contribution in [3.8, 4) is 0 Å². The van der Waals surface area contributed by atoms with Crippen LogP contribution in [0.15, 0.2) is 48.8 Å². The number of rotatable bonds is 4. The predicted molar refractivity (Wildman–Crippen MR) is 84.2 cm³/mol. The van der Waals surface area contributed by atoms with Gasteiger partial charge < -0.3 is 15.2 Å². The molecule has 2 heterocycles. The largest absolute Gasteiger partial charge is 0.378 e. The van der Waals surface area contributed by atoms with Gasteiger partial charge in [-0.15, -0.1) is 0 Å². The lowest BCUT2D eigenvalue weighted by molar-refractivity contribution is 1.05. The molecule has 3 aromatic rings. The number of pyridine rings is 1. The standard InChI is InChI=1S/C16H18N4/c1-20(2)16-14(7-4-9-18-16)19-11-13-6-3-5-12-8-10-17-15(12)13/h3-10,17,19H,11H2,1-2H3. The zero-order valence-corrected chi connectivity index (χ0v) is 11.7. The third-order valence-electron chi connectivity index (χ3n) is 3.35. The van der Waals surface area contributed by atoms with Crippen molar-refractivity contribution in [1.82, 2.24) is 9.97 Å². The molecule has 20 heavy (non-hydrogen) atoms. The summed E-state index contributed by atoms with van der Waals surface area (Å²) in [7, 11) is 4.00. The Morgan fingerprint density at radius 3 is 2.90 bits per heavy atom. The summed E-state index contributed by atoms with van der Waals surface area (Å²) in [4.78, 5) is 9.71. The topological polar surface area (TPSA) is 44.0 Å². The number of benzene rings is 1. The number of nitrogens with zero attached hydrogens (tertiary/aromatic N) is 2. The van der Waals surface area contributed by atoms with Crippen LogP contribution < -0.4 is 10.2 Å². The summed E-state index contributed by atoms with van der Waals surface area (Å²) < 4.78 is 0. The highest BCUT2D eigenvalue weighted by atomic mass is 15.2. The highest BCUT2D eigenvalue weighted by Crippen LogP contribution is 2.23. The number of hydrogen-bond acceptors (Lipinski definition) is 3. The second kappa shape index (κ2) is 5.25. The van der Waals surface area contributed by atoms with Crippen molar-refractivity contribution in [2.75, 3.05) is 24.3 Å². The van der Waals surface area contributed by atoms with E-state index in [1.165, 1.54) is 16.5 Å². The van der Waals surface area contributed by atoms with E-state index in [1.54, 1.807) is 0 Å². The van der Waals surface area contributed by atoms with Crippen molar-refractivity contribution in [2.45, 2.75) is 6.54 Å². The van der Waals surface area contributed by atoms with Gasteiger partial charge in [0.15, 0.2) is 5.82 Å². The van der Waals surface area contributed by atoms with Crippen LogP contribution in [0.4, 0.5) is 11.5 Å². The molecule has 3 rings (SSSR count). The molecule has 0 amide bonds. The number of anilines is 2. The molecule has 0 aliphatic heterocycles. The van der Waals surface area contributed by atoms with Crippen LogP contribution in [-0.2, 0) is 6.54 Å². The fourth-order valence-corrected chi connectivity index (χ4v) is 2.38. The van der Waals surface area contributed by atoms with Crippen molar-refractivity contribution >= 4 is 22.4 Å². The van der Waals surface area contributed by atoms with Gasteiger partial charge in [0.25, 0.3) is 0 Å². The SMILES string of the molecule is CN(C)c1ncccc1NCc1cccc2cc[nH]c12. The van der Waals surface area contributed by atoms with E-state index in [9.17, 15) is 0 Å². The van der Waals surface area contributed by atoms with Gasteiger partial charge in [0.05, 0.1) is 11.2 Å². The summed E-state index contributed by atoms with van der Waals surface area (Å²) in [6.07, 6.45) is 3.79. The van der Waals surface area contributed by atoms with Crippen LogP contribution in [0.5, 0.6) is 0 Å². The van der Waals surface area contributed by atoms with E-state index >= 15 is 0 Å². The maximum atomic E-state index is 4.40. The Balaban J connectivity index is 1.85. The Hall–Kier alpha value is -2.49. The Labute approximate surface area is 118 Å². The van der Waals surface area contributed by atoms with Gasteiger partial charge in [0, 0.05) is 33.0 Å². The predicted octanol–water partition coefficient (Wildman–Crippen LogP) is 3.24. The van der Waals surface area contributed by atoms with Gasteiger partial charge in [0.2, 0.25) is 0 Å². The van der Waals surface area contributed by atoms with E-state index in [1.807, 2.05) is 37.5 Å². The van der Waals surface area contributed by atoms with Crippen molar-refractivity contribution in [2.24, 2.45) is 0 Å². The number of H-pyrrole nitrogens is 1. The summed E-state index contributed by atoms with van der Waals surface area (Å²) in [6, 6.07) is 12.4. The molecule has 0 fully saturated rings. The Kier molecular flexibility index (Phi) is 3.29. The van der Waals surface area contributed by atoms with Crippen molar-refractivity contribution in [3.63, 3.8) is 0 Å². The van der Waals surface area contributed by atoms with Crippen molar-refractivity contribution in [3.05, 3.63) is 54.4 Å². The molecular formula is C16H18N4. The fraction of sp³-hybridized carbons (Fsp3) is 0.188. The molecule has 0 saturated heterocycles. The van der Waals surface area contributed by atoms with E-state index in [-0.39, 0.29) is 0 Å². The Morgan fingerprint density at radius 2 is 2.05 bits per heavy atom. The Morgan fingerprint density at radius 1 is 1.15 bits per heavy atom. The summed E-state index contributed by atoms with van der Waals surface area (Å²) >= 11 is 0. The van der Waals surface area contributed by atoms with Gasteiger partial charge in [-0.2, -0.15) is 0 Å². The van der Waals surface area contributed by atoms with Crippen molar-refractivity contribution in [1.29, 1.82) is 0 Å². The lowest BCUT2D eigenvalue weighted by Gasteiger charge is -2.17. The molecule has 0 saturated carbocycles. The minimum atomic E-state index is 0.768. The third-order valence-corrected chi connectivity index (χ3v) is 3.35. The van der Waals surface area contributed by atoms with Crippen LogP contribution in [-0.4, -0.2) is 24.1 Å². The van der Waals surface area contributed by atoms with Gasteiger partial charge in [-0.05, 0) is 29.1 Å². The first-order valence-electron chi connectivity index (χ1n) is 6.67. The van der Waals surface area contributed by atoms with Gasteiger partial charge in [-0.3, -0.25) is 0 Å². The minimum absolute atomic E-state index is 0.768. The second-order valence-corrected chi connectivity index (χ2v) is 4.98. The van der Waals surface area contributed by atoms with Crippen LogP contribution in [0.25, 0.3) is 10.9 Å². The van der Waals surface area contributed by atoms with Gasteiger partial charge >= 0.3 is 0 Å². The van der Waals surface area contributed by atoms with Gasteiger partial charge in [-0.25, -0.2) is 4.98 Å². The molecule has 0 atom stereocenters. The molecule has 2 N–H and O–H groups in total. The van der Waals surface area contributed by atoms with E-state index in [4.69, 9.17) is 0 Å². The molecule has 0 aliphatic rings. The van der Waals surface area contributed by atoms with E-state index in [2.05, 4.69) is 45.6 Å². The summed E-state index contributed by atoms with van der Waals surface area (Å²) in [5.41, 5.74) is 3.48. The quantitative estimate of drug-likeness (QED) is 0.762. The van der Waals surface area contributed by atoms with Crippen LogP contribution in [0.3, 0.4) is 0 Å². The van der Waals surface area contributed by atoms with E-state index < -0.39 is 0 Å². The van der Waals surface area contributed by atoms with Crippen LogP contribution in [0, 0.1) is 0 Å². The summed E-state index contributed by atoms with van der Waals surface area (Å²) in [5, 5.41) is 4.71. The van der Waals surface area contributed by atoms with Crippen LogP contribution in [0.1, 0.15) is 5.56 Å². The third kappa shape index (κ3) is 2.32. The fourth-order valence-electron chi connectivity index (χ4n) is 2.38. The molecule has 2 aromatic heterocycles. The lowest BCUT2D eigenvalue weighted by atomic mass is 10.1. The summed E-state index contributed by atoms with van der Waals surface area (Å²) in [5.74, 6) is 0.950. The molecule has 4 heteroatoms. The van der Waals surface area contributed by atoms with Crippen molar-refractivity contribution < 1.29 is 0 Å². The number of para-hydroxylation sites is 1.